The maximum Gasteiger partial charge on any atom is 0.0702 e. The lowest BCUT2D eigenvalue weighted by Gasteiger charge is -2.32. The SMILES string of the molecule is CCCNC1CCCCC1c1cnc2ccccc2c1. The number of fused-ring (bicyclic) bond motifs is 1. The molecule has 2 atom stereocenters. The van der Waals surface area contributed by atoms with E-state index in [4.69, 9.17) is 0 Å². The van der Waals surface area contributed by atoms with E-state index in [2.05, 4.69) is 53.8 Å². The fourth-order valence-electron chi connectivity index (χ4n) is 3.39. The van der Waals surface area contributed by atoms with Crippen LogP contribution in [0.2, 0.25) is 0 Å². The molecule has 3 rings (SSSR count). The fourth-order valence-corrected chi connectivity index (χ4v) is 3.39. The highest BCUT2D eigenvalue weighted by Crippen LogP contribution is 2.33. The van der Waals surface area contributed by atoms with Gasteiger partial charge in [-0.25, -0.2) is 0 Å². The summed E-state index contributed by atoms with van der Waals surface area (Å²) in [5, 5.41) is 5.01. The molecular formula is C18H24N2. The number of para-hydroxylation sites is 1. The molecule has 106 valence electrons. The van der Waals surface area contributed by atoms with Gasteiger partial charge >= 0.3 is 0 Å². The second-order valence-corrected chi connectivity index (χ2v) is 5.91. The molecule has 1 fully saturated rings. The van der Waals surface area contributed by atoms with Crippen LogP contribution >= 0.6 is 0 Å². The first kappa shape index (κ1) is 13.6. The van der Waals surface area contributed by atoms with Crippen molar-refractivity contribution in [3.63, 3.8) is 0 Å². The lowest BCUT2D eigenvalue weighted by atomic mass is 9.80. The second-order valence-electron chi connectivity index (χ2n) is 5.91. The summed E-state index contributed by atoms with van der Waals surface area (Å²) >= 11 is 0. The van der Waals surface area contributed by atoms with Gasteiger partial charge < -0.3 is 5.32 Å². The summed E-state index contributed by atoms with van der Waals surface area (Å²) in [7, 11) is 0. The van der Waals surface area contributed by atoms with Crippen LogP contribution in [0.1, 0.15) is 50.5 Å². The molecule has 2 heteroatoms. The molecule has 1 heterocycles. The lowest BCUT2D eigenvalue weighted by molar-refractivity contribution is 0.328. The first-order valence-corrected chi connectivity index (χ1v) is 7.96. The number of benzene rings is 1. The maximum atomic E-state index is 4.64. The van der Waals surface area contributed by atoms with E-state index in [1.165, 1.54) is 43.1 Å². The Balaban J connectivity index is 1.86. The molecule has 0 spiro atoms. The van der Waals surface area contributed by atoms with Crippen LogP contribution in [0.4, 0.5) is 0 Å². The summed E-state index contributed by atoms with van der Waals surface area (Å²) in [6, 6.07) is 11.4. The Hall–Kier alpha value is -1.41. The Kier molecular flexibility index (Phi) is 4.31. The van der Waals surface area contributed by atoms with Crippen LogP contribution in [0.5, 0.6) is 0 Å². The van der Waals surface area contributed by atoms with E-state index in [1.54, 1.807) is 0 Å². The smallest absolute Gasteiger partial charge is 0.0702 e. The van der Waals surface area contributed by atoms with Crippen molar-refractivity contribution in [1.29, 1.82) is 0 Å². The van der Waals surface area contributed by atoms with Gasteiger partial charge in [0.15, 0.2) is 0 Å². The molecule has 0 saturated heterocycles. The van der Waals surface area contributed by atoms with Crippen LogP contribution in [0.25, 0.3) is 10.9 Å². The van der Waals surface area contributed by atoms with Gasteiger partial charge in [-0.3, -0.25) is 4.98 Å². The maximum absolute atomic E-state index is 4.64. The molecule has 1 aliphatic rings. The van der Waals surface area contributed by atoms with Crippen molar-refractivity contribution < 1.29 is 0 Å². The zero-order valence-corrected chi connectivity index (χ0v) is 12.3. The van der Waals surface area contributed by atoms with Gasteiger partial charge in [-0.1, -0.05) is 38.0 Å². The number of rotatable bonds is 4. The van der Waals surface area contributed by atoms with Gasteiger partial charge in [-0.2, -0.15) is 0 Å². The highest BCUT2D eigenvalue weighted by Gasteiger charge is 2.26. The number of nitrogens with one attached hydrogen (secondary N) is 1. The first-order valence-electron chi connectivity index (χ1n) is 7.96. The molecule has 2 unspecified atom stereocenters. The van der Waals surface area contributed by atoms with Gasteiger partial charge in [-0.15, -0.1) is 0 Å². The van der Waals surface area contributed by atoms with Crippen molar-refractivity contribution >= 4 is 10.9 Å². The Morgan fingerprint density at radius 3 is 2.95 bits per heavy atom. The minimum Gasteiger partial charge on any atom is -0.313 e. The van der Waals surface area contributed by atoms with Gasteiger partial charge in [0, 0.05) is 23.5 Å². The summed E-state index contributed by atoms with van der Waals surface area (Å²) < 4.78 is 0. The Morgan fingerprint density at radius 1 is 1.20 bits per heavy atom. The van der Waals surface area contributed by atoms with Gasteiger partial charge in [0.1, 0.15) is 0 Å². The van der Waals surface area contributed by atoms with Gasteiger partial charge in [-0.05, 0) is 43.5 Å². The van der Waals surface area contributed by atoms with Crippen molar-refractivity contribution in [2.45, 2.75) is 51.0 Å². The number of nitrogens with zero attached hydrogens (tertiary/aromatic N) is 1. The van der Waals surface area contributed by atoms with E-state index < -0.39 is 0 Å². The summed E-state index contributed by atoms with van der Waals surface area (Å²) in [5.41, 5.74) is 2.52. The van der Waals surface area contributed by atoms with E-state index in [9.17, 15) is 0 Å². The topological polar surface area (TPSA) is 24.9 Å². The number of pyridine rings is 1. The average Bonchev–Trinajstić information content (AvgIpc) is 2.53. The molecule has 1 aromatic heterocycles. The van der Waals surface area contributed by atoms with Crippen molar-refractivity contribution in [1.82, 2.24) is 10.3 Å². The molecule has 0 radical (unpaired) electrons. The van der Waals surface area contributed by atoms with Crippen molar-refractivity contribution in [3.05, 3.63) is 42.1 Å². The highest BCUT2D eigenvalue weighted by atomic mass is 14.9. The third kappa shape index (κ3) is 2.85. The van der Waals surface area contributed by atoms with Gasteiger partial charge in [0.05, 0.1) is 5.52 Å². The van der Waals surface area contributed by atoms with Crippen molar-refractivity contribution in [2.24, 2.45) is 0 Å². The van der Waals surface area contributed by atoms with Crippen LogP contribution in [-0.4, -0.2) is 17.6 Å². The summed E-state index contributed by atoms with van der Waals surface area (Å²) in [6.07, 6.45) is 8.61. The monoisotopic (exact) mass is 268 g/mol. The van der Waals surface area contributed by atoms with Crippen LogP contribution in [0.3, 0.4) is 0 Å². The van der Waals surface area contributed by atoms with Crippen LogP contribution < -0.4 is 5.32 Å². The minimum absolute atomic E-state index is 0.631. The standard InChI is InChI=1S/C18H24N2/c1-2-11-19-18-10-6-4-8-16(18)15-12-14-7-3-5-9-17(14)20-13-15/h3,5,7,9,12-13,16,18-19H,2,4,6,8,10-11H2,1H3. The van der Waals surface area contributed by atoms with Crippen LogP contribution in [0.15, 0.2) is 36.5 Å². The fraction of sp³-hybridized carbons (Fsp3) is 0.500. The van der Waals surface area contributed by atoms with Crippen molar-refractivity contribution in [2.75, 3.05) is 6.54 Å². The largest absolute Gasteiger partial charge is 0.313 e. The Labute approximate surface area is 121 Å². The van der Waals surface area contributed by atoms with E-state index >= 15 is 0 Å². The third-order valence-corrected chi connectivity index (χ3v) is 4.46. The molecule has 0 aliphatic heterocycles. The molecule has 0 bridgehead atoms. The second kappa shape index (κ2) is 6.36. The molecule has 1 N–H and O–H groups in total. The van der Waals surface area contributed by atoms with Crippen LogP contribution in [-0.2, 0) is 0 Å². The Morgan fingerprint density at radius 2 is 2.05 bits per heavy atom. The summed E-state index contributed by atoms with van der Waals surface area (Å²) in [5.74, 6) is 0.632. The summed E-state index contributed by atoms with van der Waals surface area (Å²) in [6.45, 7) is 3.37. The number of hydrogen-bond donors (Lipinski definition) is 1. The lowest BCUT2D eigenvalue weighted by Crippen LogP contribution is -2.37. The average molecular weight is 268 g/mol. The molecule has 1 aromatic carbocycles. The minimum atomic E-state index is 0.631. The van der Waals surface area contributed by atoms with E-state index in [0.717, 1.165) is 12.1 Å². The Bertz CT molecular complexity index is 564. The zero-order valence-electron chi connectivity index (χ0n) is 12.3. The van der Waals surface area contributed by atoms with E-state index in [1.807, 2.05) is 0 Å². The molecule has 20 heavy (non-hydrogen) atoms. The predicted octanol–water partition coefficient (Wildman–Crippen LogP) is 4.26. The van der Waals surface area contributed by atoms with E-state index in [0.29, 0.717) is 12.0 Å². The quantitative estimate of drug-likeness (QED) is 0.896. The first-order chi connectivity index (χ1) is 9.88. The highest BCUT2D eigenvalue weighted by molar-refractivity contribution is 5.78. The van der Waals surface area contributed by atoms with Gasteiger partial charge in [0.2, 0.25) is 0 Å². The summed E-state index contributed by atoms with van der Waals surface area (Å²) in [4.78, 5) is 4.64. The third-order valence-electron chi connectivity index (χ3n) is 4.46. The zero-order chi connectivity index (χ0) is 13.8. The molecule has 2 aromatic rings. The molecule has 2 nitrogen and oxygen atoms in total. The number of aromatic nitrogens is 1. The molecule has 0 amide bonds. The number of hydrogen-bond acceptors (Lipinski definition) is 2. The molecular weight excluding hydrogens is 244 g/mol. The normalized spacial score (nSPS) is 23.1. The molecule has 1 aliphatic carbocycles. The van der Waals surface area contributed by atoms with E-state index in [-0.39, 0.29) is 0 Å². The van der Waals surface area contributed by atoms with Crippen LogP contribution in [0, 0.1) is 0 Å². The predicted molar refractivity (Wildman–Crippen MR) is 85.0 cm³/mol. The van der Waals surface area contributed by atoms with Gasteiger partial charge in [0.25, 0.3) is 0 Å². The molecule has 1 saturated carbocycles. The van der Waals surface area contributed by atoms with Crippen molar-refractivity contribution in [3.8, 4) is 0 Å².